The Hall–Kier alpha value is -3.39. The van der Waals surface area contributed by atoms with Gasteiger partial charge in [0.1, 0.15) is 0 Å². The third-order valence-corrected chi connectivity index (χ3v) is 3.81. The van der Waals surface area contributed by atoms with Gasteiger partial charge in [-0.2, -0.15) is 0 Å². The molecule has 1 amide bonds. The van der Waals surface area contributed by atoms with Crippen molar-refractivity contribution in [2.75, 3.05) is 34.9 Å². The lowest BCUT2D eigenvalue weighted by Gasteiger charge is -2.12. The van der Waals surface area contributed by atoms with E-state index >= 15 is 0 Å². The minimum absolute atomic E-state index is 0.276. The standard InChI is InChI=1S/C22H23NO4/c1-23(14-8-11-17-9-6-5-7-10-17)21(24)13-12-18-15-19(25-2)22(27-4)20(16-18)26-3/h5-11,15-16H,14H2,1-4H3. The Morgan fingerprint density at radius 1 is 1.04 bits per heavy atom. The van der Waals surface area contributed by atoms with Gasteiger partial charge in [0, 0.05) is 25.1 Å². The molecule has 0 saturated carbocycles. The van der Waals surface area contributed by atoms with Crippen LogP contribution in [-0.2, 0) is 4.79 Å². The van der Waals surface area contributed by atoms with Crippen molar-refractivity contribution in [3.8, 4) is 29.1 Å². The third-order valence-electron chi connectivity index (χ3n) is 3.81. The van der Waals surface area contributed by atoms with Gasteiger partial charge in [-0.15, -0.1) is 0 Å². The molecule has 0 saturated heterocycles. The molecule has 0 aromatic heterocycles. The maximum absolute atomic E-state index is 12.2. The predicted molar refractivity (Wildman–Crippen MR) is 106 cm³/mol. The minimum Gasteiger partial charge on any atom is -0.493 e. The molecule has 0 heterocycles. The monoisotopic (exact) mass is 365 g/mol. The number of ether oxygens (including phenoxy) is 3. The quantitative estimate of drug-likeness (QED) is 0.738. The van der Waals surface area contributed by atoms with E-state index in [4.69, 9.17) is 14.2 Å². The molecule has 0 aliphatic carbocycles. The largest absolute Gasteiger partial charge is 0.493 e. The van der Waals surface area contributed by atoms with Crippen molar-refractivity contribution in [3.05, 3.63) is 59.7 Å². The van der Waals surface area contributed by atoms with Crippen molar-refractivity contribution in [2.45, 2.75) is 0 Å². The zero-order valence-corrected chi connectivity index (χ0v) is 16.0. The lowest BCUT2D eigenvalue weighted by molar-refractivity contribution is -0.123. The smallest absolute Gasteiger partial charge is 0.298 e. The first-order chi connectivity index (χ1) is 13.1. The van der Waals surface area contributed by atoms with Crippen LogP contribution in [0.25, 0.3) is 6.08 Å². The molecular formula is C22H23NO4. The van der Waals surface area contributed by atoms with Crippen LogP contribution < -0.4 is 14.2 Å². The lowest BCUT2D eigenvalue weighted by Crippen LogP contribution is -2.25. The fourth-order valence-electron chi connectivity index (χ4n) is 2.37. The molecular weight excluding hydrogens is 342 g/mol. The highest BCUT2D eigenvalue weighted by Crippen LogP contribution is 2.37. The average molecular weight is 365 g/mol. The molecule has 0 aliphatic heterocycles. The van der Waals surface area contributed by atoms with Gasteiger partial charge in [-0.1, -0.05) is 48.4 Å². The number of carbonyl (C=O) groups is 1. The predicted octanol–water partition coefficient (Wildman–Crippen LogP) is 3.24. The summed E-state index contributed by atoms with van der Waals surface area (Å²) in [6.07, 6.45) is 3.89. The van der Waals surface area contributed by atoms with Crippen molar-refractivity contribution < 1.29 is 19.0 Å². The number of hydrogen-bond donors (Lipinski definition) is 0. The van der Waals surface area contributed by atoms with Gasteiger partial charge in [0.2, 0.25) is 5.75 Å². The lowest BCUT2D eigenvalue weighted by atomic mass is 10.2. The van der Waals surface area contributed by atoms with Crippen LogP contribution in [0.3, 0.4) is 0 Å². The van der Waals surface area contributed by atoms with Crippen LogP contribution in [0.2, 0.25) is 0 Å². The van der Waals surface area contributed by atoms with Crippen LogP contribution in [0.15, 0.2) is 48.5 Å². The fraction of sp³-hybridized carbons (Fsp3) is 0.227. The van der Waals surface area contributed by atoms with Crippen LogP contribution in [-0.4, -0.2) is 45.7 Å². The van der Waals surface area contributed by atoms with Gasteiger partial charge in [-0.3, -0.25) is 4.79 Å². The van der Waals surface area contributed by atoms with Crippen molar-refractivity contribution in [1.29, 1.82) is 0 Å². The Kier molecular flexibility index (Phi) is 7.33. The van der Waals surface area contributed by atoms with Crippen molar-refractivity contribution in [2.24, 2.45) is 0 Å². The van der Waals surface area contributed by atoms with Crippen molar-refractivity contribution >= 4 is 12.0 Å². The van der Waals surface area contributed by atoms with E-state index < -0.39 is 0 Å². The third kappa shape index (κ3) is 5.55. The molecule has 0 N–H and O–H groups in total. The first kappa shape index (κ1) is 19.9. The van der Waals surface area contributed by atoms with E-state index in [1.54, 1.807) is 24.1 Å². The maximum atomic E-state index is 12.2. The Balaban J connectivity index is 2.07. The summed E-state index contributed by atoms with van der Waals surface area (Å²) in [6, 6.07) is 13.3. The zero-order valence-electron chi connectivity index (χ0n) is 16.0. The number of hydrogen-bond acceptors (Lipinski definition) is 4. The molecule has 5 heteroatoms. The van der Waals surface area contributed by atoms with Gasteiger partial charge >= 0.3 is 0 Å². The van der Waals surface area contributed by atoms with Crippen LogP contribution in [0.5, 0.6) is 17.2 Å². The number of likely N-dealkylation sites (N-methyl/N-ethyl adjacent to an activating group) is 1. The van der Waals surface area contributed by atoms with Crippen LogP contribution in [0, 0.1) is 11.8 Å². The first-order valence-electron chi connectivity index (χ1n) is 8.37. The molecule has 2 rings (SSSR count). The van der Waals surface area contributed by atoms with Gasteiger partial charge in [0.15, 0.2) is 11.5 Å². The summed E-state index contributed by atoms with van der Waals surface area (Å²) in [6.45, 7) is 0.470. The number of nitrogens with zero attached hydrogens (tertiary/aromatic N) is 1. The molecule has 5 nitrogen and oxygen atoms in total. The summed E-state index contributed by atoms with van der Waals surface area (Å²) in [4.78, 5) is 13.8. The van der Waals surface area contributed by atoms with E-state index in [1.165, 1.54) is 21.3 Å². The molecule has 2 aromatic rings. The normalized spacial score (nSPS) is 10.1. The van der Waals surface area contributed by atoms with Gasteiger partial charge in [0.25, 0.3) is 5.91 Å². The van der Waals surface area contributed by atoms with E-state index in [0.29, 0.717) is 29.4 Å². The summed E-state index contributed by atoms with van der Waals surface area (Å²) in [5.74, 6) is 6.69. The number of methoxy groups -OCH3 is 3. The summed E-state index contributed by atoms with van der Waals surface area (Å²) in [5, 5.41) is 0. The summed E-state index contributed by atoms with van der Waals surface area (Å²) in [7, 11) is 6.31. The topological polar surface area (TPSA) is 48.0 Å². The molecule has 0 atom stereocenters. The van der Waals surface area contributed by atoms with Gasteiger partial charge < -0.3 is 19.1 Å². The maximum Gasteiger partial charge on any atom is 0.298 e. The zero-order chi connectivity index (χ0) is 19.6. The fourth-order valence-corrected chi connectivity index (χ4v) is 2.37. The van der Waals surface area contributed by atoms with Crippen molar-refractivity contribution in [3.63, 3.8) is 0 Å². The van der Waals surface area contributed by atoms with Gasteiger partial charge in [0.05, 0.1) is 21.3 Å². The van der Waals surface area contributed by atoms with Gasteiger partial charge in [-0.05, 0) is 17.7 Å². The van der Waals surface area contributed by atoms with E-state index in [0.717, 1.165) is 5.56 Å². The molecule has 140 valence electrons. The van der Waals surface area contributed by atoms with Crippen LogP contribution in [0.1, 0.15) is 11.1 Å². The first-order valence-corrected chi connectivity index (χ1v) is 8.37. The molecule has 0 bridgehead atoms. The molecule has 0 spiro atoms. The molecule has 0 fully saturated rings. The van der Waals surface area contributed by atoms with Crippen LogP contribution >= 0.6 is 0 Å². The van der Waals surface area contributed by atoms with Crippen LogP contribution in [0.4, 0.5) is 0 Å². The second kappa shape index (κ2) is 9.93. The summed E-state index contributed by atoms with van der Waals surface area (Å²) < 4.78 is 15.9. The number of carbonyl (C=O) groups excluding carboxylic acids is 1. The van der Waals surface area contributed by atoms with Gasteiger partial charge in [-0.25, -0.2) is 0 Å². The number of rotatable bonds is 6. The average Bonchev–Trinajstić information content (AvgIpc) is 2.71. The minimum atomic E-state index is -0.276. The highest BCUT2D eigenvalue weighted by atomic mass is 16.5. The highest BCUT2D eigenvalue weighted by Gasteiger charge is 2.12. The highest BCUT2D eigenvalue weighted by molar-refractivity contribution is 5.94. The molecule has 0 aliphatic rings. The molecule has 0 unspecified atom stereocenters. The molecule has 0 radical (unpaired) electrons. The SMILES string of the molecule is COc1cc(C#CC(=O)N(C)CC=Cc2ccccc2)cc(OC)c1OC. The number of benzene rings is 2. The second-order valence-corrected chi connectivity index (χ2v) is 5.66. The van der Waals surface area contributed by atoms with E-state index in [-0.39, 0.29) is 5.91 Å². The molecule has 27 heavy (non-hydrogen) atoms. The second-order valence-electron chi connectivity index (χ2n) is 5.66. The Morgan fingerprint density at radius 2 is 1.67 bits per heavy atom. The summed E-state index contributed by atoms with van der Waals surface area (Å²) >= 11 is 0. The van der Waals surface area contributed by atoms with E-state index in [2.05, 4.69) is 11.8 Å². The Morgan fingerprint density at radius 3 is 2.22 bits per heavy atom. The Labute approximate surface area is 160 Å². The Bertz CT molecular complexity index is 838. The van der Waals surface area contributed by atoms with E-state index in [9.17, 15) is 4.79 Å². The summed E-state index contributed by atoms with van der Waals surface area (Å²) in [5.41, 5.74) is 1.69. The number of amides is 1. The van der Waals surface area contributed by atoms with E-state index in [1.807, 2.05) is 42.5 Å². The van der Waals surface area contributed by atoms with Crippen molar-refractivity contribution in [1.82, 2.24) is 4.90 Å². The molecule has 2 aromatic carbocycles.